The van der Waals surface area contributed by atoms with Crippen molar-refractivity contribution in [3.63, 3.8) is 0 Å². The Kier molecular flexibility index (Phi) is 2.38. The van der Waals surface area contributed by atoms with Crippen LogP contribution in [0.3, 0.4) is 0 Å². The maximum atomic E-state index is 10.9. The molecular weight excluding hydrogens is 228 g/mol. The van der Waals surface area contributed by atoms with Gasteiger partial charge in [-0.1, -0.05) is 26.8 Å². The van der Waals surface area contributed by atoms with E-state index >= 15 is 0 Å². The average Bonchev–Trinajstić information content (AvgIpc) is 2.59. The molecule has 0 aromatic rings. The average molecular weight is 252 g/mol. The number of allylic oxidation sites excluding steroid dienone is 1. The van der Waals surface area contributed by atoms with Crippen LogP contribution in [0.25, 0.3) is 0 Å². The summed E-state index contributed by atoms with van der Waals surface area (Å²) in [4.78, 5) is 0. The van der Waals surface area contributed by atoms with Crippen LogP contribution >= 0.6 is 0 Å². The Morgan fingerprint density at radius 2 is 1.89 bits per heavy atom. The second kappa shape index (κ2) is 3.38. The van der Waals surface area contributed by atoms with Crippen molar-refractivity contribution in [2.24, 2.45) is 22.7 Å². The second-order valence-electron chi connectivity index (χ2n) is 7.60. The second-order valence-corrected chi connectivity index (χ2v) is 7.60. The molecule has 0 bridgehead atoms. The van der Waals surface area contributed by atoms with E-state index < -0.39 is 11.7 Å². The summed E-state index contributed by atoms with van der Waals surface area (Å²) in [5, 5.41) is 30.4. The van der Waals surface area contributed by atoms with Gasteiger partial charge in [-0.25, -0.2) is 0 Å². The molecule has 0 spiro atoms. The molecule has 3 N–H and O–H groups in total. The fourth-order valence-corrected chi connectivity index (χ4v) is 5.01. The van der Waals surface area contributed by atoms with Gasteiger partial charge in [-0.3, -0.25) is 0 Å². The maximum absolute atomic E-state index is 10.9. The quantitative estimate of drug-likeness (QED) is 0.619. The lowest BCUT2D eigenvalue weighted by atomic mass is 9.44. The number of aliphatic hydroxyl groups is 3. The van der Waals surface area contributed by atoms with Gasteiger partial charge in [0.2, 0.25) is 0 Å². The summed E-state index contributed by atoms with van der Waals surface area (Å²) >= 11 is 0. The predicted octanol–water partition coefficient (Wildman–Crippen LogP) is 1.47. The summed E-state index contributed by atoms with van der Waals surface area (Å²) in [6.45, 7) is 6.48. The first-order chi connectivity index (χ1) is 8.24. The van der Waals surface area contributed by atoms with Gasteiger partial charge in [-0.2, -0.15) is 0 Å². The molecule has 18 heavy (non-hydrogen) atoms. The molecule has 3 heteroatoms. The lowest BCUT2D eigenvalue weighted by Crippen LogP contribution is -2.72. The van der Waals surface area contributed by atoms with Crippen molar-refractivity contribution in [3.05, 3.63) is 11.6 Å². The first-order valence-electron chi connectivity index (χ1n) is 6.97. The van der Waals surface area contributed by atoms with E-state index in [0.29, 0.717) is 29.2 Å². The third-order valence-corrected chi connectivity index (χ3v) is 5.94. The third-order valence-electron chi connectivity index (χ3n) is 5.94. The molecular formula is C15H24O3. The molecule has 0 amide bonds. The highest BCUT2D eigenvalue weighted by atomic mass is 16.4. The molecule has 0 aliphatic heterocycles. The minimum absolute atomic E-state index is 0.146. The van der Waals surface area contributed by atoms with Crippen LogP contribution in [-0.2, 0) is 0 Å². The van der Waals surface area contributed by atoms with Crippen LogP contribution in [0.2, 0.25) is 0 Å². The minimum Gasteiger partial charge on any atom is -0.392 e. The minimum atomic E-state index is -1.19. The molecule has 2 saturated carbocycles. The van der Waals surface area contributed by atoms with E-state index in [0.717, 1.165) is 12.8 Å². The van der Waals surface area contributed by atoms with E-state index in [1.807, 2.05) is 6.08 Å². The van der Waals surface area contributed by atoms with Crippen LogP contribution in [-0.4, -0.2) is 33.6 Å². The molecule has 2 fully saturated rings. The van der Waals surface area contributed by atoms with Gasteiger partial charge in [-0.15, -0.1) is 0 Å². The molecule has 0 aromatic heterocycles. The predicted molar refractivity (Wildman–Crippen MR) is 68.8 cm³/mol. The summed E-state index contributed by atoms with van der Waals surface area (Å²) in [5.41, 5.74) is -0.523. The Balaban J connectivity index is 2.06. The number of hydrogen-bond acceptors (Lipinski definition) is 3. The van der Waals surface area contributed by atoms with Crippen LogP contribution in [0.1, 0.15) is 40.0 Å². The van der Waals surface area contributed by atoms with Crippen molar-refractivity contribution in [3.8, 4) is 0 Å². The highest BCUT2D eigenvalue weighted by Crippen LogP contribution is 2.67. The maximum Gasteiger partial charge on any atom is 0.119 e. The molecule has 0 radical (unpaired) electrons. The Morgan fingerprint density at radius 3 is 2.44 bits per heavy atom. The van der Waals surface area contributed by atoms with Crippen LogP contribution in [0.5, 0.6) is 0 Å². The fraction of sp³-hybridized carbons (Fsp3) is 0.867. The molecule has 0 aromatic carbocycles. The highest BCUT2D eigenvalue weighted by Gasteiger charge is 2.70. The third kappa shape index (κ3) is 1.25. The highest BCUT2D eigenvalue weighted by molar-refractivity contribution is 5.37. The molecule has 3 aliphatic carbocycles. The summed E-state index contributed by atoms with van der Waals surface area (Å²) in [6.07, 6.45) is 4.19. The van der Waals surface area contributed by atoms with E-state index in [2.05, 4.69) is 20.8 Å². The monoisotopic (exact) mass is 252 g/mol. The van der Waals surface area contributed by atoms with E-state index in [9.17, 15) is 15.3 Å². The van der Waals surface area contributed by atoms with Gasteiger partial charge in [0.05, 0.1) is 12.7 Å². The van der Waals surface area contributed by atoms with Crippen molar-refractivity contribution < 1.29 is 15.3 Å². The van der Waals surface area contributed by atoms with Crippen molar-refractivity contribution in [1.29, 1.82) is 0 Å². The number of fused-ring (bicyclic) bond motifs is 3. The summed E-state index contributed by atoms with van der Waals surface area (Å²) in [6, 6.07) is 0. The van der Waals surface area contributed by atoms with Crippen molar-refractivity contribution in [2.75, 3.05) is 6.61 Å². The Labute approximate surface area is 109 Å². The topological polar surface area (TPSA) is 60.7 Å². The van der Waals surface area contributed by atoms with Crippen molar-refractivity contribution in [2.45, 2.75) is 51.7 Å². The molecule has 0 heterocycles. The summed E-state index contributed by atoms with van der Waals surface area (Å²) in [7, 11) is 0. The lowest BCUT2D eigenvalue weighted by Gasteiger charge is -2.64. The number of hydrogen-bond donors (Lipinski definition) is 3. The van der Waals surface area contributed by atoms with E-state index in [-0.39, 0.29) is 12.0 Å². The largest absolute Gasteiger partial charge is 0.392 e. The van der Waals surface area contributed by atoms with E-state index in [1.165, 1.54) is 0 Å². The first kappa shape index (κ1) is 12.6. The van der Waals surface area contributed by atoms with Crippen LogP contribution < -0.4 is 0 Å². The van der Waals surface area contributed by atoms with Crippen LogP contribution in [0.4, 0.5) is 0 Å². The molecule has 0 saturated heterocycles. The Hall–Kier alpha value is -0.380. The van der Waals surface area contributed by atoms with Gasteiger partial charge in [0.25, 0.3) is 0 Å². The molecule has 5 unspecified atom stereocenters. The fourth-order valence-electron chi connectivity index (χ4n) is 5.01. The molecule has 102 valence electrons. The summed E-state index contributed by atoms with van der Waals surface area (Å²) in [5.74, 6) is 0.871. The van der Waals surface area contributed by atoms with Crippen molar-refractivity contribution in [1.82, 2.24) is 0 Å². The standard InChI is InChI=1S/C15H24O3/c1-13(2)5-9-4-10(8-16)15(18)12(17)7-14(15,3)11(9)6-13/h4,9,11-12,16-18H,5-8H2,1-3H3. The normalized spacial score (nSPS) is 53.2. The van der Waals surface area contributed by atoms with Gasteiger partial charge in [0.15, 0.2) is 0 Å². The lowest BCUT2D eigenvalue weighted by molar-refractivity contribution is -0.250. The van der Waals surface area contributed by atoms with Gasteiger partial charge in [-0.05, 0) is 42.1 Å². The smallest absolute Gasteiger partial charge is 0.119 e. The first-order valence-corrected chi connectivity index (χ1v) is 6.97. The number of aliphatic hydroxyl groups excluding tert-OH is 2. The molecule has 5 atom stereocenters. The molecule has 3 rings (SSSR count). The Bertz CT molecular complexity index is 414. The molecule has 3 nitrogen and oxygen atoms in total. The van der Waals surface area contributed by atoms with Crippen molar-refractivity contribution >= 4 is 0 Å². The Morgan fingerprint density at radius 1 is 1.22 bits per heavy atom. The zero-order valence-corrected chi connectivity index (χ0v) is 11.5. The van der Waals surface area contributed by atoms with E-state index in [4.69, 9.17) is 0 Å². The zero-order chi connectivity index (χ0) is 13.3. The summed E-state index contributed by atoms with van der Waals surface area (Å²) < 4.78 is 0. The zero-order valence-electron chi connectivity index (χ0n) is 11.5. The van der Waals surface area contributed by atoms with Gasteiger partial charge < -0.3 is 15.3 Å². The number of rotatable bonds is 1. The van der Waals surface area contributed by atoms with Gasteiger partial charge in [0, 0.05) is 5.41 Å². The molecule has 3 aliphatic rings. The SMILES string of the molecule is CC1(C)CC2C=C(CO)C3(O)C(O)CC3(C)C2C1. The van der Waals surface area contributed by atoms with Gasteiger partial charge in [0.1, 0.15) is 5.60 Å². The van der Waals surface area contributed by atoms with Crippen LogP contribution in [0.15, 0.2) is 11.6 Å². The van der Waals surface area contributed by atoms with Crippen LogP contribution in [0, 0.1) is 22.7 Å². The van der Waals surface area contributed by atoms with E-state index in [1.54, 1.807) is 0 Å². The van der Waals surface area contributed by atoms with Gasteiger partial charge >= 0.3 is 0 Å².